The highest BCUT2D eigenvalue weighted by atomic mass is 35.5. The Morgan fingerprint density at radius 2 is 1.77 bits per heavy atom. The molecule has 1 atom stereocenters. The maximum atomic E-state index is 13.7. The number of nitrogens with zero attached hydrogens (tertiary/aromatic N) is 1. The van der Waals surface area contributed by atoms with Gasteiger partial charge < -0.3 is 15.0 Å². The van der Waals surface area contributed by atoms with E-state index in [1.807, 2.05) is 0 Å². The Balaban J connectivity index is 1.38. The molecule has 1 aliphatic carbocycles. The fourth-order valence-electron chi connectivity index (χ4n) is 4.97. The lowest BCUT2D eigenvalue weighted by atomic mass is 10.0. The summed E-state index contributed by atoms with van der Waals surface area (Å²) in [5.41, 5.74) is 0.773. The van der Waals surface area contributed by atoms with Gasteiger partial charge >= 0.3 is 6.18 Å². The van der Waals surface area contributed by atoms with Crippen molar-refractivity contribution in [1.29, 1.82) is 0 Å². The summed E-state index contributed by atoms with van der Waals surface area (Å²) in [5.74, 6) is -0.537. The maximum absolute atomic E-state index is 13.7. The largest absolute Gasteiger partial charge is 0.416 e. The van der Waals surface area contributed by atoms with Crippen LogP contribution in [0, 0.1) is 0 Å². The molecule has 1 aliphatic rings. The summed E-state index contributed by atoms with van der Waals surface area (Å²) in [6, 6.07) is 14.7. The fraction of sp³-hybridized carbons (Fsp3) is 0.300. The number of aliphatic hydroxyl groups is 1. The van der Waals surface area contributed by atoms with Gasteiger partial charge in [-0.1, -0.05) is 29.8 Å². The Bertz CT molecular complexity index is 1750. The van der Waals surface area contributed by atoms with Gasteiger partial charge in [0.05, 0.1) is 29.7 Å². The summed E-state index contributed by atoms with van der Waals surface area (Å²) in [6.45, 7) is -1.30. The predicted octanol–water partition coefficient (Wildman–Crippen LogP) is 5.78. The molecular weight excluding hydrogens is 610 g/mol. The molecule has 228 valence electrons. The van der Waals surface area contributed by atoms with E-state index in [9.17, 15) is 35.9 Å². The van der Waals surface area contributed by atoms with Gasteiger partial charge in [0.1, 0.15) is 6.67 Å². The number of amides is 1. The second-order valence-electron chi connectivity index (χ2n) is 10.4. The van der Waals surface area contributed by atoms with Crippen LogP contribution in [0.3, 0.4) is 0 Å². The molecule has 0 aliphatic heterocycles. The molecule has 0 bridgehead atoms. The normalized spacial score (nSPS) is 14.7. The molecule has 0 spiro atoms. The Labute approximate surface area is 250 Å². The molecule has 5 rings (SSSR count). The van der Waals surface area contributed by atoms with Crippen molar-refractivity contribution < 1.29 is 35.9 Å². The molecule has 1 unspecified atom stereocenters. The summed E-state index contributed by atoms with van der Waals surface area (Å²) < 4.78 is 83.6. The molecule has 0 saturated heterocycles. The molecule has 0 radical (unpaired) electrons. The molecule has 7 nitrogen and oxygen atoms in total. The molecule has 3 N–H and O–H groups in total. The summed E-state index contributed by atoms with van der Waals surface area (Å²) in [7, 11) is -3.66. The second kappa shape index (κ2) is 12.3. The van der Waals surface area contributed by atoms with Crippen molar-refractivity contribution in [2.45, 2.75) is 49.0 Å². The van der Waals surface area contributed by atoms with E-state index in [1.165, 1.54) is 42.5 Å². The highest BCUT2D eigenvalue weighted by Crippen LogP contribution is 2.35. The maximum Gasteiger partial charge on any atom is 0.416 e. The highest BCUT2D eigenvalue weighted by Gasteiger charge is 2.34. The van der Waals surface area contributed by atoms with Crippen molar-refractivity contribution in [3.8, 4) is 0 Å². The quantitative estimate of drug-likeness (QED) is 0.182. The number of nitrogens with one attached hydrogen (secondary N) is 2. The van der Waals surface area contributed by atoms with Crippen LogP contribution in [0.4, 0.5) is 17.6 Å². The zero-order valence-electron chi connectivity index (χ0n) is 22.7. The molecule has 3 aromatic carbocycles. The molecule has 1 aromatic heterocycles. The average molecular weight is 638 g/mol. The smallest absolute Gasteiger partial charge is 0.394 e. The standard InChI is InChI=1S/C30H28ClF4N3O4S/c31-22-5-1-19(26(16-22)30(33,34)35)14-24-15-21-13-20(4-10-28(21)38(24)12-11-32)29(40)36-27(17-39)18-2-8-25(9-3-18)43(41,42)37-23-6-7-23/h1-5,8-10,13,15-16,23,27,37,39H,6-7,11-12,14,17H2,(H,36,40). The summed E-state index contributed by atoms with van der Waals surface area (Å²) in [6.07, 6.45) is -3.18. The number of halogens is 5. The zero-order valence-corrected chi connectivity index (χ0v) is 24.2. The van der Waals surface area contributed by atoms with Crippen LogP contribution in [0.5, 0.6) is 0 Å². The van der Waals surface area contributed by atoms with Crippen molar-refractivity contribution in [3.63, 3.8) is 0 Å². The fourth-order valence-corrected chi connectivity index (χ4v) is 6.45. The van der Waals surface area contributed by atoms with Gasteiger partial charge in [-0.25, -0.2) is 17.5 Å². The zero-order chi connectivity index (χ0) is 30.9. The number of hydrogen-bond donors (Lipinski definition) is 3. The lowest BCUT2D eigenvalue weighted by molar-refractivity contribution is -0.138. The van der Waals surface area contributed by atoms with Crippen LogP contribution in [-0.2, 0) is 29.2 Å². The Hall–Kier alpha value is -3.45. The Morgan fingerprint density at radius 1 is 1.05 bits per heavy atom. The van der Waals surface area contributed by atoms with Crippen LogP contribution in [0.2, 0.25) is 5.02 Å². The van der Waals surface area contributed by atoms with Crippen LogP contribution in [0.1, 0.15) is 51.6 Å². The molecule has 13 heteroatoms. The topological polar surface area (TPSA) is 100 Å². The molecule has 43 heavy (non-hydrogen) atoms. The number of fused-ring (bicyclic) bond motifs is 1. The minimum Gasteiger partial charge on any atom is -0.394 e. The number of aromatic nitrogens is 1. The van der Waals surface area contributed by atoms with Crippen molar-refractivity contribution in [2.75, 3.05) is 13.3 Å². The van der Waals surface area contributed by atoms with E-state index in [0.717, 1.165) is 18.9 Å². The summed E-state index contributed by atoms with van der Waals surface area (Å²) in [5, 5.41) is 13.2. The van der Waals surface area contributed by atoms with E-state index >= 15 is 0 Å². The first-order chi connectivity index (χ1) is 20.4. The first-order valence-corrected chi connectivity index (χ1v) is 15.3. The van der Waals surface area contributed by atoms with E-state index in [1.54, 1.807) is 22.8 Å². The van der Waals surface area contributed by atoms with Crippen LogP contribution in [0.15, 0.2) is 71.6 Å². The summed E-state index contributed by atoms with van der Waals surface area (Å²) in [4.78, 5) is 13.2. The first-order valence-electron chi connectivity index (χ1n) is 13.5. The van der Waals surface area contributed by atoms with Gasteiger partial charge in [0.25, 0.3) is 5.91 Å². The number of benzene rings is 3. The predicted molar refractivity (Wildman–Crippen MR) is 154 cm³/mol. The second-order valence-corrected chi connectivity index (χ2v) is 12.5. The number of alkyl halides is 4. The lowest BCUT2D eigenvalue weighted by Crippen LogP contribution is -2.31. The highest BCUT2D eigenvalue weighted by molar-refractivity contribution is 7.89. The third-order valence-corrected chi connectivity index (χ3v) is 9.06. The lowest BCUT2D eigenvalue weighted by Gasteiger charge is -2.17. The van der Waals surface area contributed by atoms with Gasteiger partial charge in [-0.3, -0.25) is 4.79 Å². The van der Waals surface area contributed by atoms with Gasteiger partial charge in [0.2, 0.25) is 10.0 Å². The number of sulfonamides is 1. The number of aryl methyl sites for hydroxylation is 1. The van der Waals surface area contributed by atoms with Gasteiger partial charge in [0, 0.05) is 39.6 Å². The number of hydrogen-bond acceptors (Lipinski definition) is 4. The van der Waals surface area contributed by atoms with Gasteiger partial charge in [-0.15, -0.1) is 0 Å². The van der Waals surface area contributed by atoms with Gasteiger partial charge in [-0.05, 0) is 72.5 Å². The van der Waals surface area contributed by atoms with E-state index in [4.69, 9.17) is 11.6 Å². The minimum atomic E-state index is -4.63. The molecule has 1 amide bonds. The molecule has 1 heterocycles. The third kappa shape index (κ3) is 7.04. The van der Waals surface area contributed by atoms with Crippen molar-refractivity contribution in [2.24, 2.45) is 0 Å². The number of carbonyl (C=O) groups excluding carboxylic acids is 1. The number of aliphatic hydroxyl groups excluding tert-OH is 1. The molecule has 4 aromatic rings. The van der Waals surface area contributed by atoms with E-state index in [0.29, 0.717) is 22.2 Å². The minimum absolute atomic E-state index is 0.0225. The number of carbonyl (C=O) groups is 1. The summed E-state index contributed by atoms with van der Waals surface area (Å²) >= 11 is 5.81. The van der Waals surface area contributed by atoms with Crippen LogP contribution < -0.4 is 10.0 Å². The van der Waals surface area contributed by atoms with Crippen molar-refractivity contribution in [3.05, 3.63) is 99.7 Å². The van der Waals surface area contributed by atoms with Crippen molar-refractivity contribution in [1.82, 2.24) is 14.6 Å². The van der Waals surface area contributed by atoms with Gasteiger partial charge in [-0.2, -0.15) is 13.2 Å². The monoisotopic (exact) mass is 637 g/mol. The Kier molecular flexibility index (Phi) is 8.85. The first kappa shape index (κ1) is 31.0. The average Bonchev–Trinajstić information content (AvgIpc) is 3.71. The van der Waals surface area contributed by atoms with E-state index < -0.39 is 47.0 Å². The van der Waals surface area contributed by atoms with Crippen LogP contribution in [-0.4, -0.2) is 43.3 Å². The Morgan fingerprint density at radius 3 is 2.40 bits per heavy atom. The van der Waals surface area contributed by atoms with Crippen molar-refractivity contribution >= 4 is 38.4 Å². The number of rotatable bonds is 11. The molecular formula is C30H28ClF4N3O4S. The van der Waals surface area contributed by atoms with E-state index in [2.05, 4.69) is 10.0 Å². The SMILES string of the molecule is O=C(NC(CO)c1ccc(S(=O)(=O)NC2CC2)cc1)c1ccc2c(c1)cc(Cc1ccc(Cl)cc1C(F)(F)F)n2CCF. The van der Waals surface area contributed by atoms with E-state index in [-0.39, 0.29) is 40.1 Å². The van der Waals surface area contributed by atoms with Crippen LogP contribution >= 0.6 is 11.6 Å². The molecule has 1 fully saturated rings. The molecule has 1 saturated carbocycles. The third-order valence-electron chi connectivity index (χ3n) is 7.29. The van der Waals surface area contributed by atoms with Gasteiger partial charge in [0.15, 0.2) is 0 Å². The van der Waals surface area contributed by atoms with Crippen LogP contribution in [0.25, 0.3) is 10.9 Å².